The largest absolute Gasteiger partial charge is 0.427 e. The number of aliphatic hydroxyl groups is 1. The van der Waals surface area contributed by atoms with E-state index in [0.717, 1.165) is 27.5 Å². The molecule has 0 fully saturated rings. The predicted octanol–water partition coefficient (Wildman–Crippen LogP) is 3.45. The summed E-state index contributed by atoms with van der Waals surface area (Å²) < 4.78 is 7.99. The van der Waals surface area contributed by atoms with Gasteiger partial charge in [0.25, 0.3) is 0 Å². The zero-order valence-electron chi connectivity index (χ0n) is 15.5. The fraction of sp³-hybridized carbons (Fsp3) is 0.286. The van der Waals surface area contributed by atoms with Crippen molar-refractivity contribution >= 4 is 40.4 Å². The van der Waals surface area contributed by atoms with Gasteiger partial charge in [-0.1, -0.05) is 35.8 Å². The molecule has 1 radical (unpaired) electrons. The average Bonchev–Trinajstić information content (AvgIpc) is 2.97. The van der Waals surface area contributed by atoms with Gasteiger partial charge >= 0.3 is 7.48 Å². The van der Waals surface area contributed by atoms with Crippen molar-refractivity contribution in [1.82, 2.24) is 9.38 Å². The van der Waals surface area contributed by atoms with Crippen LogP contribution in [-0.4, -0.2) is 33.2 Å². The van der Waals surface area contributed by atoms with Gasteiger partial charge < -0.3 is 9.76 Å². The fourth-order valence-corrected chi connectivity index (χ4v) is 2.88. The minimum absolute atomic E-state index is 0.697. The van der Waals surface area contributed by atoms with Crippen LogP contribution in [0.25, 0.3) is 27.5 Å². The lowest BCUT2D eigenvalue weighted by Gasteiger charge is -2.37. The van der Waals surface area contributed by atoms with Gasteiger partial charge in [-0.15, -0.1) is 0 Å². The summed E-state index contributed by atoms with van der Waals surface area (Å²) in [5, 5.41) is 12.6. The third-order valence-corrected chi connectivity index (χ3v) is 5.28. The highest BCUT2D eigenvalue weighted by Gasteiger charge is 2.35. The van der Waals surface area contributed by atoms with Crippen molar-refractivity contribution in [3.05, 3.63) is 54.7 Å². The minimum Gasteiger partial charge on any atom is -0.427 e. The van der Waals surface area contributed by atoms with Crippen LogP contribution < -0.4 is 5.46 Å². The lowest BCUT2D eigenvalue weighted by molar-refractivity contribution is -0.0893. The van der Waals surface area contributed by atoms with E-state index in [2.05, 4.69) is 34.9 Å². The van der Waals surface area contributed by atoms with Crippen LogP contribution in [0.15, 0.2) is 54.7 Å². The van der Waals surface area contributed by atoms with E-state index in [1.807, 2.05) is 38.1 Å². The molecule has 4 aromatic rings. The summed E-state index contributed by atoms with van der Waals surface area (Å²) in [6.07, 6.45) is 2.05. The van der Waals surface area contributed by atoms with Crippen molar-refractivity contribution in [2.75, 3.05) is 0 Å². The number of rotatable bonds is 4. The van der Waals surface area contributed by atoms with Crippen molar-refractivity contribution in [3.63, 3.8) is 0 Å². The number of hydrogen-bond donors (Lipinski definition) is 1. The van der Waals surface area contributed by atoms with E-state index in [-0.39, 0.29) is 0 Å². The zero-order valence-corrected chi connectivity index (χ0v) is 15.5. The number of aromatic nitrogens is 2. The van der Waals surface area contributed by atoms with Crippen LogP contribution in [0.4, 0.5) is 0 Å². The summed E-state index contributed by atoms with van der Waals surface area (Å²) in [5.74, 6) is 0. The highest BCUT2D eigenvalue weighted by Crippen LogP contribution is 2.25. The summed E-state index contributed by atoms with van der Waals surface area (Å²) in [6.45, 7) is 7.25. The molecular formula is C21H22BN2O2. The molecule has 5 heteroatoms. The summed E-state index contributed by atoms with van der Waals surface area (Å²) in [5.41, 5.74) is 2.22. The highest BCUT2D eigenvalue weighted by atomic mass is 16.5. The van der Waals surface area contributed by atoms with E-state index in [4.69, 9.17) is 9.64 Å². The Morgan fingerprint density at radius 3 is 2.58 bits per heavy atom. The second kappa shape index (κ2) is 5.83. The monoisotopic (exact) mass is 345 g/mol. The smallest absolute Gasteiger partial charge is 0.330 e. The number of nitrogens with zero attached hydrogens (tertiary/aromatic N) is 2. The molecule has 0 aliphatic carbocycles. The van der Waals surface area contributed by atoms with Gasteiger partial charge in [0.1, 0.15) is 5.65 Å². The maximum absolute atomic E-state index is 10.2. The first kappa shape index (κ1) is 17.1. The van der Waals surface area contributed by atoms with Crippen molar-refractivity contribution in [1.29, 1.82) is 0 Å². The van der Waals surface area contributed by atoms with Crippen molar-refractivity contribution in [2.24, 2.45) is 0 Å². The third kappa shape index (κ3) is 2.77. The Bertz CT molecular complexity index is 1110. The first-order valence-corrected chi connectivity index (χ1v) is 8.79. The van der Waals surface area contributed by atoms with Crippen LogP contribution in [-0.2, 0) is 4.65 Å². The SMILES string of the molecule is CC(C)(O)C(C)(C)O[B]c1ccc2nc3c4ccccc4ccn3c2c1. The maximum Gasteiger partial charge on any atom is 0.330 e. The van der Waals surface area contributed by atoms with Gasteiger partial charge in [-0.05, 0) is 51.3 Å². The quantitative estimate of drug-likeness (QED) is 0.576. The lowest BCUT2D eigenvalue weighted by atomic mass is 9.82. The van der Waals surface area contributed by atoms with Crippen molar-refractivity contribution < 1.29 is 9.76 Å². The van der Waals surface area contributed by atoms with Crippen LogP contribution in [0.3, 0.4) is 0 Å². The molecule has 26 heavy (non-hydrogen) atoms. The molecule has 0 atom stereocenters. The van der Waals surface area contributed by atoms with Gasteiger partial charge in [0.15, 0.2) is 0 Å². The molecule has 1 N–H and O–H groups in total. The number of imidazole rings is 1. The molecule has 0 spiro atoms. The predicted molar refractivity (Wildman–Crippen MR) is 107 cm³/mol. The molecule has 4 rings (SSSR count). The van der Waals surface area contributed by atoms with Crippen molar-refractivity contribution in [3.8, 4) is 0 Å². The molecule has 0 saturated carbocycles. The Kier molecular flexibility index (Phi) is 3.83. The number of hydrogen-bond acceptors (Lipinski definition) is 3. The van der Waals surface area contributed by atoms with Crippen LogP contribution >= 0.6 is 0 Å². The molecule has 0 amide bonds. The van der Waals surface area contributed by atoms with Gasteiger partial charge in [-0.2, -0.15) is 0 Å². The van der Waals surface area contributed by atoms with Crippen LogP contribution in [0.5, 0.6) is 0 Å². The summed E-state index contributed by atoms with van der Waals surface area (Å²) in [4.78, 5) is 4.80. The van der Waals surface area contributed by atoms with Gasteiger partial charge in [0.2, 0.25) is 0 Å². The zero-order chi connectivity index (χ0) is 18.5. The van der Waals surface area contributed by atoms with Gasteiger partial charge in [0, 0.05) is 11.6 Å². The molecule has 0 aliphatic heterocycles. The third-order valence-electron chi connectivity index (χ3n) is 5.28. The Labute approximate surface area is 153 Å². The van der Waals surface area contributed by atoms with Gasteiger partial charge in [-0.3, -0.25) is 4.40 Å². The second-order valence-corrected chi connectivity index (χ2v) is 7.76. The minimum atomic E-state index is -0.949. The summed E-state index contributed by atoms with van der Waals surface area (Å²) in [6, 6.07) is 16.4. The van der Waals surface area contributed by atoms with Crippen molar-refractivity contribution in [2.45, 2.75) is 38.9 Å². The Balaban J connectivity index is 1.75. The maximum atomic E-state index is 10.2. The molecule has 2 aromatic carbocycles. The standard InChI is InChI=1S/C21H22BN2O2/c1-20(2,25)21(3,4)26-22-15-9-10-17-18(13-15)24-12-11-14-7-5-6-8-16(14)19(24)23-17/h5-13,25H,1-4H3. The van der Waals surface area contributed by atoms with Crippen LogP contribution in [0.2, 0.25) is 0 Å². The van der Waals surface area contributed by atoms with E-state index >= 15 is 0 Å². The van der Waals surface area contributed by atoms with E-state index in [1.165, 1.54) is 5.39 Å². The fourth-order valence-electron chi connectivity index (χ4n) is 2.88. The summed E-state index contributed by atoms with van der Waals surface area (Å²) >= 11 is 0. The van der Waals surface area contributed by atoms with E-state index in [9.17, 15) is 5.11 Å². The molecule has 0 saturated heterocycles. The average molecular weight is 345 g/mol. The molecule has 131 valence electrons. The lowest BCUT2D eigenvalue weighted by Crippen LogP contribution is -2.49. The van der Waals surface area contributed by atoms with Crippen LogP contribution in [0.1, 0.15) is 27.7 Å². The van der Waals surface area contributed by atoms with Gasteiger partial charge in [-0.25, -0.2) is 4.98 Å². The first-order valence-electron chi connectivity index (χ1n) is 8.79. The Morgan fingerprint density at radius 1 is 1.04 bits per heavy atom. The first-order chi connectivity index (χ1) is 12.3. The number of pyridine rings is 1. The van der Waals surface area contributed by atoms with E-state index < -0.39 is 11.2 Å². The summed E-state index contributed by atoms with van der Waals surface area (Å²) in [7, 11) is 1.71. The molecule has 4 nitrogen and oxygen atoms in total. The van der Waals surface area contributed by atoms with Gasteiger partial charge in [0.05, 0.1) is 22.2 Å². The highest BCUT2D eigenvalue weighted by molar-refractivity contribution is 6.47. The van der Waals surface area contributed by atoms with E-state index in [0.29, 0.717) is 0 Å². The molecule has 0 bridgehead atoms. The second-order valence-electron chi connectivity index (χ2n) is 7.76. The topological polar surface area (TPSA) is 46.8 Å². The van der Waals surface area contributed by atoms with E-state index in [1.54, 1.807) is 21.3 Å². The number of benzene rings is 2. The molecule has 0 unspecified atom stereocenters. The molecular weight excluding hydrogens is 323 g/mol. The van der Waals surface area contributed by atoms with Crippen LogP contribution in [0, 0.1) is 0 Å². The molecule has 0 aliphatic rings. The normalized spacial score (nSPS) is 13.0. The Hall–Kier alpha value is -2.37. The molecule has 2 heterocycles. The molecule has 2 aromatic heterocycles. The number of fused-ring (bicyclic) bond motifs is 5. The Morgan fingerprint density at radius 2 is 1.81 bits per heavy atom.